The third-order valence-electron chi connectivity index (χ3n) is 3.33. The van der Waals surface area contributed by atoms with Gasteiger partial charge in [-0.15, -0.1) is 0 Å². The molecule has 2 atom stereocenters. The Hall–Kier alpha value is -0.570. The number of ether oxygens (including phenoxy) is 2. The van der Waals surface area contributed by atoms with Crippen LogP contribution in [0.15, 0.2) is 0 Å². The predicted molar refractivity (Wildman–Crippen MR) is 56.4 cm³/mol. The molecule has 0 aromatic carbocycles. The summed E-state index contributed by atoms with van der Waals surface area (Å²) in [6.07, 6.45) is 5.72. The lowest BCUT2D eigenvalue weighted by Crippen LogP contribution is -2.28. The first-order valence-corrected chi connectivity index (χ1v) is 6.06. The van der Waals surface area contributed by atoms with Crippen LogP contribution in [0.5, 0.6) is 0 Å². The smallest absolute Gasteiger partial charge is 0.306 e. The monoisotopic (exact) mass is 212 g/mol. The molecule has 0 amide bonds. The summed E-state index contributed by atoms with van der Waals surface area (Å²) >= 11 is 0. The molecule has 3 heteroatoms. The first-order valence-electron chi connectivity index (χ1n) is 6.06. The number of carbonyl (C=O) groups excluding carboxylic acids is 1. The lowest BCUT2D eigenvalue weighted by molar-refractivity contribution is -0.145. The summed E-state index contributed by atoms with van der Waals surface area (Å²) in [6.45, 7) is 3.17. The van der Waals surface area contributed by atoms with E-state index in [2.05, 4.69) is 0 Å². The average molecular weight is 212 g/mol. The van der Waals surface area contributed by atoms with Crippen LogP contribution in [0, 0.1) is 11.8 Å². The second-order valence-electron chi connectivity index (χ2n) is 4.65. The van der Waals surface area contributed by atoms with Crippen LogP contribution in [-0.2, 0) is 14.3 Å². The van der Waals surface area contributed by atoms with E-state index >= 15 is 0 Å². The van der Waals surface area contributed by atoms with Crippen LogP contribution in [-0.4, -0.2) is 25.3 Å². The van der Waals surface area contributed by atoms with E-state index in [-0.39, 0.29) is 5.97 Å². The molecular formula is C12H20O3. The average Bonchev–Trinajstić information content (AvgIpc) is 3.01. The standard InChI is InChI=1S/C12H20O3/c1-2-14-12(13)8-9-5-6-15-11(7-9)10-3-4-10/h9-11H,2-8H2,1H3/t9-,11?/m0/s1. The Morgan fingerprint density at radius 2 is 2.20 bits per heavy atom. The molecule has 1 aliphatic heterocycles. The van der Waals surface area contributed by atoms with Crippen LogP contribution in [0.4, 0.5) is 0 Å². The van der Waals surface area contributed by atoms with Crippen LogP contribution in [0.25, 0.3) is 0 Å². The maximum absolute atomic E-state index is 11.3. The molecule has 3 nitrogen and oxygen atoms in total. The van der Waals surface area contributed by atoms with Gasteiger partial charge in [-0.25, -0.2) is 0 Å². The second-order valence-corrected chi connectivity index (χ2v) is 4.65. The zero-order valence-electron chi connectivity index (χ0n) is 9.41. The van der Waals surface area contributed by atoms with Gasteiger partial charge in [-0.2, -0.15) is 0 Å². The fourth-order valence-electron chi connectivity index (χ4n) is 2.34. The van der Waals surface area contributed by atoms with Crippen molar-refractivity contribution in [1.82, 2.24) is 0 Å². The molecule has 15 heavy (non-hydrogen) atoms. The molecule has 2 aliphatic rings. The molecule has 1 saturated carbocycles. The van der Waals surface area contributed by atoms with Crippen LogP contribution in [0.1, 0.15) is 39.0 Å². The van der Waals surface area contributed by atoms with Gasteiger partial charge in [-0.05, 0) is 44.4 Å². The van der Waals surface area contributed by atoms with Crippen LogP contribution in [0.3, 0.4) is 0 Å². The topological polar surface area (TPSA) is 35.5 Å². The molecular weight excluding hydrogens is 192 g/mol. The van der Waals surface area contributed by atoms with Crippen molar-refractivity contribution in [2.45, 2.75) is 45.1 Å². The molecule has 1 aliphatic carbocycles. The maximum atomic E-state index is 11.3. The highest BCUT2D eigenvalue weighted by atomic mass is 16.5. The fraction of sp³-hybridized carbons (Fsp3) is 0.917. The fourth-order valence-corrected chi connectivity index (χ4v) is 2.34. The van der Waals surface area contributed by atoms with Gasteiger partial charge in [0.05, 0.1) is 12.7 Å². The molecule has 0 spiro atoms. The Labute approximate surface area is 91.1 Å². The van der Waals surface area contributed by atoms with Crippen molar-refractivity contribution in [2.75, 3.05) is 13.2 Å². The molecule has 1 saturated heterocycles. The van der Waals surface area contributed by atoms with Crippen LogP contribution >= 0.6 is 0 Å². The zero-order valence-corrected chi connectivity index (χ0v) is 9.41. The molecule has 86 valence electrons. The Morgan fingerprint density at radius 3 is 2.87 bits per heavy atom. The lowest BCUT2D eigenvalue weighted by atomic mass is 9.91. The van der Waals surface area contributed by atoms with Crippen molar-refractivity contribution in [3.05, 3.63) is 0 Å². The summed E-state index contributed by atoms with van der Waals surface area (Å²) in [4.78, 5) is 11.3. The van der Waals surface area contributed by atoms with E-state index < -0.39 is 0 Å². The highest BCUT2D eigenvalue weighted by Gasteiger charge is 2.36. The summed E-state index contributed by atoms with van der Waals surface area (Å²) in [5.41, 5.74) is 0. The highest BCUT2D eigenvalue weighted by Crippen LogP contribution is 2.40. The van der Waals surface area contributed by atoms with Gasteiger partial charge in [-0.3, -0.25) is 4.79 Å². The molecule has 0 bridgehead atoms. The molecule has 1 heterocycles. The first-order chi connectivity index (χ1) is 7.29. The van der Waals surface area contributed by atoms with E-state index in [9.17, 15) is 4.79 Å². The number of esters is 1. The molecule has 0 radical (unpaired) electrons. The Kier molecular flexibility index (Phi) is 3.62. The largest absolute Gasteiger partial charge is 0.466 e. The van der Waals surface area contributed by atoms with Crippen molar-refractivity contribution in [3.63, 3.8) is 0 Å². The van der Waals surface area contributed by atoms with E-state index in [0.29, 0.717) is 25.0 Å². The zero-order chi connectivity index (χ0) is 10.7. The summed E-state index contributed by atoms with van der Waals surface area (Å²) in [6, 6.07) is 0. The summed E-state index contributed by atoms with van der Waals surface area (Å²) < 4.78 is 10.7. The summed E-state index contributed by atoms with van der Waals surface area (Å²) in [7, 11) is 0. The number of rotatable bonds is 4. The second kappa shape index (κ2) is 4.97. The maximum Gasteiger partial charge on any atom is 0.306 e. The minimum absolute atomic E-state index is 0.0426. The molecule has 1 unspecified atom stereocenters. The molecule has 2 rings (SSSR count). The van der Waals surface area contributed by atoms with E-state index in [1.807, 2.05) is 6.92 Å². The number of carbonyl (C=O) groups is 1. The van der Waals surface area contributed by atoms with Crippen LogP contribution < -0.4 is 0 Å². The lowest BCUT2D eigenvalue weighted by Gasteiger charge is -2.29. The quantitative estimate of drug-likeness (QED) is 0.670. The van der Waals surface area contributed by atoms with Gasteiger partial charge in [0.15, 0.2) is 0 Å². The third-order valence-corrected chi connectivity index (χ3v) is 3.33. The normalized spacial score (nSPS) is 31.3. The van der Waals surface area contributed by atoms with Crippen molar-refractivity contribution >= 4 is 5.97 Å². The van der Waals surface area contributed by atoms with Crippen molar-refractivity contribution in [1.29, 1.82) is 0 Å². The Morgan fingerprint density at radius 1 is 1.40 bits per heavy atom. The third kappa shape index (κ3) is 3.20. The Balaban J connectivity index is 1.74. The van der Waals surface area contributed by atoms with Gasteiger partial charge < -0.3 is 9.47 Å². The van der Waals surface area contributed by atoms with Crippen molar-refractivity contribution in [2.24, 2.45) is 11.8 Å². The molecule has 0 aromatic heterocycles. The summed E-state index contributed by atoms with van der Waals surface area (Å²) in [5.74, 6) is 1.23. The molecule has 2 fully saturated rings. The van der Waals surface area contributed by atoms with Crippen LogP contribution in [0.2, 0.25) is 0 Å². The van der Waals surface area contributed by atoms with Gasteiger partial charge in [0, 0.05) is 13.0 Å². The van der Waals surface area contributed by atoms with Gasteiger partial charge in [0.2, 0.25) is 0 Å². The van der Waals surface area contributed by atoms with E-state index in [0.717, 1.165) is 25.4 Å². The molecule has 0 aromatic rings. The molecule has 0 N–H and O–H groups in total. The minimum Gasteiger partial charge on any atom is -0.466 e. The van der Waals surface area contributed by atoms with Crippen molar-refractivity contribution in [3.8, 4) is 0 Å². The van der Waals surface area contributed by atoms with E-state index in [1.165, 1.54) is 12.8 Å². The number of hydrogen-bond donors (Lipinski definition) is 0. The van der Waals surface area contributed by atoms with Gasteiger partial charge in [0.1, 0.15) is 0 Å². The van der Waals surface area contributed by atoms with Gasteiger partial charge >= 0.3 is 5.97 Å². The van der Waals surface area contributed by atoms with E-state index in [1.54, 1.807) is 0 Å². The van der Waals surface area contributed by atoms with E-state index in [4.69, 9.17) is 9.47 Å². The highest BCUT2D eigenvalue weighted by molar-refractivity contribution is 5.69. The van der Waals surface area contributed by atoms with Gasteiger partial charge in [0.25, 0.3) is 0 Å². The Bertz CT molecular complexity index is 223. The minimum atomic E-state index is -0.0426. The summed E-state index contributed by atoms with van der Waals surface area (Å²) in [5, 5.41) is 0. The SMILES string of the molecule is CCOC(=O)C[C@H]1CCOC(C2CC2)C1. The predicted octanol–water partition coefficient (Wildman–Crippen LogP) is 2.14. The number of hydrogen-bond acceptors (Lipinski definition) is 3. The van der Waals surface area contributed by atoms with Gasteiger partial charge in [-0.1, -0.05) is 0 Å². The first kappa shape index (κ1) is 10.9. The van der Waals surface area contributed by atoms with Crippen molar-refractivity contribution < 1.29 is 14.3 Å².